The van der Waals surface area contributed by atoms with Gasteiger partial charge in [-0.3, -0.25) is 4.52 Å². The number of phosphoric ester groups is 1. The Morgan fingerprint density at radius 2 is 1.94 bits per heavy atom. The van der Waals surface area contributed by atoms with Crippen molar-refractivity contribution in [1.29, 1.82) is 0 Å². The summed E-state index contributed by atoms with van der Waals surface area (Å²) in [5, 5.41) is 0. The third kappa shape index (κ3) is 4.95. The minimum absolute atomic E-state index is 0.287. The number of carbonyl (C=O) groups is 1. The molecule has 0 aliphatic heterocycles. The van der Waals surface area contributed by atoms with E-state index in [2.05, 4.69) is 4.52 Å². The normalized spacial score (nSPS) is 14.9. The van der Waals surface area contributed by atoms with E-state index in [4.69, 9.17) is 20.3 Å². The van der Waals surface area contributed by atoms with E-state index >= 15 is 0 Å². The van der Waals surface area contributed by atoms with Gasteiger partial charge in [0.15, 0.2) is 0 Å². The highest BCUT2D eigenvalue weighted by molar-refractivity contribution is 7.46. The Labute approximate surface area is 104 Å². The Morgan fingerprint density at radius 3 is 2.44 bits per heavy atom. The Kier molecular flexibility index (Phi) is 4.61. The van der Waals surface area contributed by atoms with Crippen molar-refractivity contribution in [2.75, 3.05) is 6.61 Å². The van der Waals surface area contributed by atoms with Crippen LogP contribution in [0.15, 0.2) is 30.3 Å². The van der Waals surface area contributed by atoms with Gasteiger partial charge < -0.3 is 20.3 Å². The minimum atomic E-state index is -4.67. The second-order valence-corrected chi connectivity index (χ2v) is 5.12. The number of phosphoric acid groups is 1. The maximum atomic E-state index is 11.7. The third-order valence-electron chi connectivity index (χ3n) is 1.95. The zero-order valence-electron chi connectivity index (χ0n) is 9.65. The van der Waals surface area contributed by atoms with Gasteiger partial charge in [0, 0.05) is 0 Å². The molecular weight excluding hydrogens is 261 g/mol. The van der Waals surface area contributed by atoms with E-state index in [9.17, 15) is 9.36 Å². The second kappa shape index (κ2) is 5.60. The molecule has 0 unspecified atom stereocenters. The van der Waals surface area contributed by atoms with E-state index in [1.165, 1.54) is 6.92 Å². The number of hydrogen-bond acceptors (Lipinski definition) is 5. The number of ether oxygens (including phenoxy) is 1. The second-order valence-electron chi connectivity index (χ2n) is 3.88. The standard InChI is InChI=1S/C10H14NO6P/c1-10(11,7-16-18(13,14)15)9(12)17-8-5-3-2-4-6-8/h2-6H,7,11H2,1H3,(H2,13,14,15)/t10-/m0/s1. The molecule has 1 aromatic carbocycles. The van der Waals surface area contributed by atoms with Crippen molar-refractivity contribution in [3.05, 3.63) is 30.3 Å². The van der Waals surface area contributed by atoms with Gasteiger partial charge >= 0.3 is 13.8 Å². The van der Waals surface area contributed by atoms with Crippen molar-refractivity contribution in [2.24, 2.45) is 5.73 Å². The predicted octanol–water partition coefficient (Wildman–Crippen LogP) is 0.419. The molecule has 0 amide bonds. The molecule has 0 spiro atoms. The summed E-state index contributed by atoms with van der Waals surface area (Å²) in [5.41, 5.74) is 3.92. The van der Waals surface area contributed by atoms with E-state index in [0.29, 0.717) is 0 Å². The van der Waals surface area contributed by atoms with Crippen LogP contribution in [0.2, 0.25) is 0 Å². The fourth-order valence-corrected chi connectivity index (χ4v) is 1.43. The number of esters is 1. The van der Waals surface area contributed by atoms with Crippen LogP contribution in [-0.2, 0) is 13.9 Å². The fraction of sp³-hybridized carbons (Fsp3) is 0.300. The molecule has 0 bridgehead atoms. The predicted molar refractivity (Wildman–Crippen MR) is 62.7 cm³/mol. The first-order chi connectivity index (χ1) is 8.21. The van der Waals surface area contributed by atoms with Crippen molar-refractivity contribution in [1.82, 2.24) is 0 Å². The molecule has 0 saturated carbocycles. The van der Waals surface area contributed by atoms with Crippen LogP contribution in [0.3, 0.4) is 0 Å². The van der Waals surface area contributed by atoms with Crippen molar-refractivity contribution >= 4 is 13.8 Å². The summed E-state index contributed by atoms with van der Waals surface area (Å²) in [6.07, 6.45) is 0. The average Bonchev–Trinajstić information content (AvgIpc) is 2.27. The summed E-state index contributed by atoms with van der Waals surface area (Å²) >= 11 is 0. The minimum Gasteiger partial charge on any atom is -0.425 e. The average molecular weight is 275 g/mol. The largest absolute Gasteiger partial charge is 0.469 e. The molecule has 4 N–H and O–H groups in total. The maximum Gasteiger partial charge on any atom is 0.469 e. The van der Waals surface area contributed by atoms with Crippen LogP contribution in [0.25, 0.3) is 0 Å². The smallest absolute Gasteiger partial charge is 0.425 e. The molecule has 0 radical (unpaired) electrons. The molecule has 0 heterocycles. The molecule has 18 heavy (non-hydrogen) atoms. The van der Waals surface area contributed by atoms with Crippen LogP contribution >= 0.6 is 7.82 Å². The molecule has 100 valence electrons. The van der Waals surface area contributed by atoms with Gasteiger partial charge in [-0.1, -0.05) is 18.2 Å². The van der Waals surface area contributed by atoms with Gasteiger partial charge in [0.25, 0.3) is 0 Å². The molecular formula is C10H14NO6P. The van der Waals surface area contributed by atoms with Crippen molar-refractivity contribution in [3.63, 3.8) is 0 Å². The summed E-state index contributed by atoms with van der Waals surface area (Å²) in [5.74, 6) is -0.558. The molecule has 0 fully saturated rings. The highest BCUT2D eigenvalue weighted by Gasteiger charge is 2.34. The molecule has 0 aliphatic carbocycles. The highest BCUT2D eigenvalue weighted by Crippen LogP contribution is 2.36. The summed E-state index contributed by atoms with van der Waals surface area (Å²) < 4.78 is 19.7. The van der Waals surface area contributed by atoms with E-state index in [1.54, 1.807) is 30.3 Å². The summed E-state index contributed by atoms with van der Waals surface area (Å²) in [6.45, 7) is 0.608. The van der Waals surface area contributed by atoms with Crippen LogP contribution in [0.1, 0.15) is 6.92 Å². The van der Waals surface area contributed by atoms with Gasteiger partial charge in [0.1, 0.15) is 11.3 Å². The van der Waals surface area contributed by atoms with Gasteiger partial charge in [-0.05, 0) is 19.1 Å². The summed E-state index contributed by atoms with van der Waals surface area (Å²) in [4.78, 5) is 28.7. The molecule has 0 aliphatic rings. The summed E-state index contributed by atoms with van der Waals surface area (Å²) in [7, 11) is -4.67. The van der Waals surface area contributed by atoms with Crippen LogP contribution in [0.4, 0.5) is 0 Å². The van der Waals surface area contributed by atoms with E-state index < -0.39 is 25.9 Å². The number of para-hydroxylation sites is 1. The van der Waals surface area contributed by atoms with Gasteiger partial charge in [0.2, 0.25) is 0 Å². The number of rotatable bonds is 5. The third-order valence-corrected chi connectivity index (χ3v) is 2.42. The van der Waals surface area contributed by atoms with Gasteiger partial charge in [-0.25, -0.2) is 9.36 Å². The van der Waals surface area contributed by atoms with Crippen molar-refractivity contribution < 1.29 is 28.4 Å². The summed E-state index contributed by atoms with van der Waals surface area (Å²) in [6, 6.07) is 8.19. The van der Waals surface area contributed by atoms with Crippen LogP contribution in [0.5, 0.6) is 5.75 Å². The molecule has 1 atom stereocenters. The van der Waals surface area contributed by atoms with Crippen molar-refractivity contribution in [2.45, 2.75) is 12.5 Å². The van der Waals surface area contributed by atoms with Crippen molar-refractivity contribution in [3.8, 4) is 5.75 Å². The zero-order chi connectivity index (χ0) is 13.8. The monoisotopic (exact) mass is 275 g/mol. The molecule has 0 aromatic heterocycles. The number of hydrogen-bond donors (Lipinski definition) is 3. The van der Waals surface area contributed by atoms with Crippen LogP contribution < -0.4 is 10.5 Å². The molecule has 1 rings (SSSR count). The van der Waals surface area contributed by atoms with Gasteiger partial charge in [-0.2, -0.15) is 0 Å². The lowest BCUT2D eigenvalue weighted by Gasteiger charge is -2.22. The number of nitrogens with two attached hydrogens (primary N) is 1. The van der Waals surface area contributed by atoms with Gasteiger partial charge in [0.05, 0.1) is 6.61 Å². The fourth-order valence-electron chi connectivity index (χ4n) is 0.989. The molecule has 1 aromatic rings. The Hall–Kier alpha value is -1.24. The quantitative estimate of drug-likeness (QED) is 0.404. The molecule has 7 nitrogen and oxygen atoms in total. The Morgan fingerprint density at radius 1 is 1.39 bits per heavy atom. The Bertz CT molecular complexity index is 455. The highest BCUT2D eigenvalue weighted by atomic mass is 31.2. The van der Waals surface area contributed by atoms with E-state index in [1.807, 2.05) is 0 Å². The Balaban J connectivity index is 2.62. The first-order valence-electron chi connectivity index (χ1n) is 4.97. The molecule has 8 heteroatoms. The first kappa shape index (κ1) is 14.8. The van der Waals surface area contributed by atoms with Crippen LogP contribution in [0, 0.1) is 0 Å². The maximum absolute atomic E-state index is 11.7. The number of benzene rings is 1. The van der Waals surface area contributed by atoms with Crippen LogP contribution in [-0.4, -0.2) is 27.9 Å². The molecule has 0 saturated heterocycles. The first-order valence-corrected chi connectivity index (χ1v) is 6.50. The lowest BCUT2D eigenvalue weighted by Crippen LogP contribution is -2.51. The van der Waals surface area contributed by atoms with E-state index in [-0.39, 0.29) is 5.75 Å². The van der Waals surface area contributed by atoms with E-state index in [0.717, 1.165) is 0 Å². The zero-order valence-corrected chi connectivity index (χ0v) is 10.5. The SMILES string of the molecule is C[C@](N)(COP(=O)(O)O)C(=O)Oc1ccccc1. The lowest BCUT2D eigenvalue weighted by atomic mass is 10.1. The lowest BCUT2D eigenvalue weighted by molar-refractivity contribution is -0.141. The number of carbonyl (C=O) groups excluding carboxylic acids is 1. The topological polar surface area (TPSA) is 119 Å². The van der Waals surface area contributed by atoms with Gasteiger partial charge in [-0.15, -0.1) is 0 Å².